The molecule has 0 radical (unpaired) electrons. The average molecular weight is 558 g/mol. The largest absolute Gasteiger partial charge is 0.456 e. The van der Waals surface area contributed by atoms with E-state index in [9.17, 15) is 0 Å². The number of para-hydroxylation sites is 3. The van der Waals surface area contributed by atoms with Gasteiger partial charge in [-0.25, -0.2) is 0 Å². The van der Waals surface area contributed by atoms with Gasteiger partial charge in [-0.05, 0) is 64.7 Å². The zero-order valence-electron chi connectivity index (χ0n) is 23.4. The summed E-state index contributed by atoms with van der Waals surface area (Å²) in [4.78, 5) is 2.42. The number of hydrogen-bond acceptors (Lipinski definition) is 3. The number of fused-ring (bicyclic) bond motifs is 9. The van der Waals surface area contributed by atoms with Crippen LogP contribution in [0.3, 0.4) is 0 Å². The molecule has 0 saturated heterocycles. The summed E-state index contributed by atoms with van der Waals surface area (Å²) >= 11 is 1.88. The van der Waals surface area contributed by atoms with E-state index in [1.807, 2.05) is 17.4 Å². The second-order valence-electron chi connectivity index (χ2n) is 11.7. The minimum Gasteiger partial charge on any atom is -0.456 e. The molecule has 2 aromatic heterocycles. The number of rotatable bonds is 2. The first-order valence-electron chi connectivity index (χ1n) is 14.4. The summed E-state index contributed by atoms with van der Waals surface area (Å²) in [5.74, 6) is 0. The van der Waals surface area contributed by atoms with Gasteiger partial charge in [0.05, 0.1) is 11.4 Å². The van der Waals surface area contributed by atoms with Crippen molar-refractivity contribution in [2.75, 3.05) is 4.90 Å². The van der Waals surface area contributed by atoms with E-state index in [2.05, 4.69) is 140 Å². The molecule has 9 rings (SSSR count). The first-order valence-corrected chi connectivity index (χ1v) is 15.3. The van der Waals surface area contributed by atoms with Crippen LogP contribution in [0, 0.1) is 0 Å². The van der Waals surface area contributed by atoms with Gasteiger partial charge in [0.1, 0.15) is 11.2 Å². The first-order chi connectivity index (χ1) is 20.6. The van der Waals surface area contributed by atoms with Gasteiger partial charge in [-0.1, -0.05) is 98.8 Å². The highest BCUT2D eigenvalue weighted by Crippen LogP contribution is 2.52. The summed E-state index contributed by atoms with van der Waals surface area (Å²) in [6, 6.07) is 46.2. The summed E-state index contributed by atoms with van der Waals surface area (Å²) < 4.78 is 8.81. The highest BCUT2D eigenvalue weighted by Gasteiger charge is 2.36. The third-order valence-corrected chi connectivity index (χ3v) is 10.4. The molecule has 3 heterocycles. The Kier molecular flexibility index (Phi) is 4.86. The number of furan rings is 1. The third-order valence-electron chi connectivity index (χ3n) is 9.08. The molecule has 0 bridgehead atoms. The van der Waals surface area contributed by atoms with Crippen molar-refractivity contribution in [3.8, 4) is 11.1 Å². The van der Waals surface area contributed by atoms with E-state index in [0.717, 1.165) is 11.2 Å². The van der Waals surface area contributed by atoms with Crippen molar-refractivity contribution in [1.29, 1.82) is 0 Å². The number of hydrogen-bond donors (Lipinski definition) is 0. The molecule has 0 fully saturated rings. The maximum absolute atomic E-state index is 6.21. The van der Waals surface area contributed by atoms with Gasteiger partial charge in [-0.3, -0.25) is 0 Å². The average Bonchev–Trinajstić information content (AvgIpc) is 3.60. The van der Waals surface area contributed by atoms with E-state index in [0.29, 0.717) is 0 Å². The van der Waals surface area contributed by atoms with E-state index >= 15 is 0 Å². The fourth-order valence-electron chi connectivity index (χ4n) is 7.03. The third kappa shape index (κ3) is 3.20. The van der Waals surface area contributed by atoms with Gasteiger partial charge in [0.15, 0.2) is 0 Å². The van der Waals surface area contributed by atoms with Crippen molar-refractivity contribution in [1.82, 2.24) is 0 Å². The molecular formula is C39H27NOS. The van der Waals surface area contributed by atoms with E-state index in [4.69, 9.17) is 4.42 Å². The molecular weight excluding hydrogens is 531 g/mol. The maximum atomic E-state index is 6.21. The number of benzene rings is 6. The molecule has 0 spiro atoms. The van der Waals surface area contributed by atoms with Crippen LogP contribution in [0.1, 0.15) is 25.0 Å². The fraction of sp³-hybridized carbons (Fsp3) is 0.0769. The Bertz CT molecular complexity index is 2290. The molecule has 0 unspecified atom stereocenters. The minimum absolute atomic E-state index is 0.0633. The summed E-state index contributed by atoms with van der Waals surface area (Å²) in [6.07, 6.45) is 0. The molecule has 3 heteroatoms. The van der Waals surface area contributed by atoms with Gasteiger partial charge in [0.25, 0.3) is 0 Å². The molecule has 2 nitrogen and oxygen atoms in total. The summed E-state index contributed by atoms with van der Waals surface area (Å²) in [5.41, 5.74) is 10.7. The Morgan fingerprint density at radius 1 is 0.548 bits per heavy atom. The summed E-state index contributed by atoms with van der Waals surface area (Å²) in [7, 11) is 0. The molecule has 0 saturated carbocycles. The van der Waals surface area contributed by atoms with Gasteiger partial charge in [-0.2, -0.15) is 0 Å². The SMILES string of the molecule is CC1(C)c2ccccc2N(c2ccc(-c3cccc4c3sc3c4ccc4oc5ccccc5c43)cc2)c2ccccc21. The van der Waals surface area contributed by atoms with Gasteiger partial charge < -0.3 is 9.32 Å². The van der Waals surface area contributed by atoms with Crippen LogP contribution in [0.2, 0.25) is 0 Å². The van der Waals surface area contributed by atoms with Crippen LogP contribution >= 0.6 is 11.3 Å². The van der Waals surface area contributed by atoms with E-state index in [-0.39, 0.29) is 5.41 Å². The van der Waals surface area contributed by atoms with Gasteiger partial charge in [-0.15, -0.1) is 11.3 Å². The van der Waals surface area contributed by atoms with Crippen LogP contribution in [0.5, 0.6) is 0 Å². The molecule has 1 aliphatic heterocycles. The smallest absolute Gasteiger partial charge is 0.136 e. The Hall–Kier alpha value is -4.86. The molecule has 0 amide bonds. The lowest BCUT2D eigenvalue weighted by Gasteiger charge is -2.42. The van der Waals surface area contributed by atoms with Crippen LogP contribution in [-0.2, 0) is 5.41 Å². The standard InChI is InChI=1S/C39H27NOS/c1-39(2)30-13-4-6-15-32(30)40(33-16-7-5-14-31(33)39)25-20-18-24(19-21-25)26-11-9-12-27-28-22-23-35-36(38(28)42-37(26)27)29-10-3-8-17-34(29)41-35/h3-23H,1-2H3. The molecule has 6 aromatic carbocycles. The van der Waals surface area contributed by atoms with Crippen molar-refractivity contribution in [3.63, 3.8) is 0 Å². The highest BCUT2D eigenvalue weighted by atomic mass is 32.1. The van der Waals surface area contributed by atoms with E-state index in [1.54, 1.807) is 0 Å². The second kappa shape index (κ2) is 8.58. The molecule has 0 N–H and O–H groups in total. The zero-order chi connectivity index (χ0) is 28.0. The van der Waals surface area contributed by atoms with Crippen LogP contribution in [-0.4, -0.2) is 0 Å². The molecule has 0 aliphatic carbocycles. The normalized spacial score (nSPS) is 14.1. The quantitative estimate of drug-likeness (QED) is 0.210. The zero-order valence-corrected chi connectivity index (χ0v) is 24.2. The lowest BCUT2D eigenvalue weighted by atomic mass is 9.73. The molecule has 8 aromatic rings. The van der Waals surface area contributed by atoms with Gasteiger partial charge in [0, 0.05) is 42.0 Å². The van der Waals surface area contributed by atoms with E-state index < -0.39 is 0 Å². The van der Waals surface area contributed by atoms with Gasteiger partial charge in [0.2, 0.25) is 0 Å². The Morgan fingerprint density at radius 3 is 1.95 bits per heavy atom. The maximum Gasteiger partial charge on any atom is 0.136 e. The molecule has 42 heavy (non-hydrogen) atoms. The van der Waals surface area contributed by atoms with Crippen LogP contribution in [0.4, 0.5) is 17.1 Å². The van der Waals surface area contributed by atoms with Crippen molar-refractivity contribution in [2.24, 2.45) is 0 Å². The van der Waals surface area contributed by atoms with Crippen LogP contribution < -0.4 is 4.90 Å². The molecule has 200 valence electrons. The lowest BCUT2D eigenvalue weighted by Crippen LogP contribution is -2.30. The number of anilines is 3. The van der Waals surface area contributed by atoms with E-state index in [1.165, 1.54) is 70.3 Å². The van der Waals surface area contributed by atoms with Crippen molar-refractivity contribution >= 4 is 70.5 Å². The van der Waals surface area contributed by atoms with Crippen molar-refractivity contribution in [2.45, 2.75) is 19.3 Å². The van der Waals surface area contributed by atoms with Crippen LogP contribution in [0.25, 0.3) is 53.2 Å². The monoisotopic (exact) mass is 557 g/mol. The van der Waals surface area contributed by atoms with Crippen molar-refractivity contribution in [3.05, 3.63) is 139 Å². The fourth-order valence-corrected chi connectivity index (χ4v) is 8.42. The summed E-state index contributed by atoms with van der Waals surface area (Å²) in [6.45, 7) is 4.66. The Labute approximate surface area is 248 Å². The predicted molar refractivity (Wildman–Crippen MR) is 179 cm³/mol. The molecule has 0 atom stereocenters. The molecule has 1 aliphatic rings. The highest BCUT2D eigenvalue weighted by molar-refractivity contribution is 7.27. The number of nitrogens with zero attached hydrogens (tertiary/aromatic N) is 1. The van der Waals surface area contributed by atoms with Gasteiger partial charge >= 0.3 is 0 Å². The lowest BCUT2D eigenvalue weighted by molar-refractivity contribution is 0.632. The topological polar surface area (TPSA) is 16.4 Å². The van der Waals surface area contributed by atoms with Crippen LogP contribution in [0.15, 0.2) is 132 Å². The predicted octanol–water partition coefficient (Wildman–Crippen LogP) is 11.7. The van der Waals surface area contributed by atoms with Crippen molar-refractivity contribution < 1.29 is 4.42 Å². The Balaban J connectivity index is 1.21. The minimum atomic E-state index is -0.0633. The summed E-state index contributed by atoms with van der Waals surface area (Å²) in [5, 5.41) is 4.98. The first kappa shape index (κ1) is 23.8. The number of thiophene rings is 1. The Morgan fingerprint density at radius 2 is 1.19 bits per heavy atom. The second-order valence-corrected chi connectivity index (χ2v) is 12.8.